The molecule has 0 saturated heterocycles. The van der Waals surface area contributed by atoms with Gasteiger partial charge in [-0.25, -0.2) is 4.57 Å². The first kappa shape index (κ1) is 73.7. The van der Waals surface area contributed by atoms with E-state index in [0.29, 0.717) is 17.4 Å². The SMILES string of the molecule is CCCCCCC/C=C/CC/C=C/CC/C=C/C(O)C(COP(=O)(O)OCC[N+](C)(C)C)NC(=O)CCCCCCCCCCCCCCCCCCCCCCCCCCCCCCCCCCCCCCCC. The fourth-order valence-electron chi connectivity index (χ4n) is 9.96. The van der Waals surface area contributed by atoms with Gasteiger partial charge in [-0.15, -0.1) is 0 Å². The first-order valence-corrected chi connectivity index (χ1v) is 34.4. The number of carbonyl (C=O) groups excluding carboxylic acids is 1. The highest BCUT2D eigenvalue weighted by Crippen LogP contribution is 2.43. The van der Waals surface area contributed by atoms with Gasteiger partial charge in [-0.05, 0) is 44.9 Å². The summed E-state index contributed by atoms with van der Waals surface area (Å²) in [4.78, 5) is 23.3. The van der Waals surface area contributed by atoms with Gasteiger partial charge < -0.3 is 19.8 Å². The lowest BCUT2D eigenvalue weighted by atomic mass is 10.0. The zero-order chi connectivity index (χ0) is 54.9. The molecule has 0 aromatic rings. The van der Waals surface area contributed by atoms with Crippen molar-refractivity contribution in [1.29, 1.82) is 0 Å². The van der Waals surface area contributed by atoms with Crippen LogP contribution in [0.3, 0.4) is 0 Å². The Morgan fingerprint density at radius 3 is 1.07 bits per heavy atom. The molecule has 444 valence electrons. The number of phosphoric acid groups is 1. The third-order valence-corrected chi connectivity index (χ3v) is 16.1. The zero-order valence-electron chi connectivity index (χ0n) is 50.8. The van der Waals surface area contributed by atoms with E-state index in [-0.39, 0.29) is 19.1 Å². The standard InChI is InChI=1S/C66H129N2O6P/c1-6-8-10-12-14-16-18-20-22-23-24-25-26-27-28-29-30-31-32-33-34-35-36-37-38-39-40-41-42-43-44-46-48-50-52-54-56-58-60-66(70)67-64(63-74-75(71,72)73-62-61-68(3,4)5)65(69)59-57-55-53-51-49-47-45-21-19-17-15-13-11-9-7-2/h19,21,49,51,57,59,64-65,69H,6-18,20,22-48,50,52-56,58,60-63H2,1-5H3,(H-,67,70,71,72)/p+1/b21-19+,51-49+,59-57+. The van der Waals surface area contributed by atoms with Crippen LogP contribution in [0, 0.1) is 0 Å². The molecule has 0 aliphatic rings. The van der Waals surface area contributed by atoms with Crippen LogP contribution in [0.1, 0.15) is 328 Å². The quantitative estimate of drug-likeness (QED) is 0.0243. The average Bonchev–Trinajstić information content (AvgIpc) is 3.37. The Morgan fingerprint density at radius 2 is 0.733 bits per heavy atom. The van der Waals surface area contributed by atoms with Crippen molar-refractivity contribution in [2.45, 2.75) is 341 Å². The molecular formula is C66H130N2O6P+. The van der Waals surface area contributed by atoms with Gasteiger partial charge in [0.25, 0.3) is 0 Å². The molecule has 0 aliphatic carbocycles. The fourth-order valence-corrected chi connectivity index (χ4v) is 10.7. The molecule has 0 fully saturated rings. The second kappa shape index (κ2) is 57.4. The van der Waals surface area contributed by atoms with Crippen molar-refractivity contribution in [3.05, 3.63) is 36.5 Å². The Morgan fingerprint density at radius 1 is 0.440 bits per heavy atom. The third-order valence-electron chi connectivity index (χ3n) is 15.1. The number of phosphoric ester groups is 1. The number of amides is 1. The second-order valence-corrected chi connectivity index (χ2v) is 25.3. The molecule has 0 spiro atoms. The first-order valence-electron chi connectivity index (χ1n) is 32.9. The van der Waals surface area contributed by atoms with Crippen LogP contribution >= 0.6 is 7.82 Å². The Hall–Kier alpha value is -1.28. The van der Waals surface area contributed by atoms with Crippen molar-refractivity contribution in [2.75, 3.05) is 40.9 Å². The van der Waals surface area contributed by atoms with Crippen LogP contribution in [0.15, 0.2) is 36.5 Å². The highest BCUT2D eigenvalue weighted by molar-refractivity contribution is 7.47. The number of hydrogen-bond donors (Lipinski definition) is 3. The molecule has 9 heteroatoms. The lowest BCUT2D eigenvalue weighted by Crippen LogP contribution is -2.45. The van der Waals surface area contributed by atoms with Crippen LogP contribution in [0.25, 0.3) is 0 Å². The maximum absolute atomic E-state index is 13.0. The van der Waals surface area contributed by atoms with Gasteiger partial charge in [0.2, 0.25) is 5.91 Å². The van der Waals surface area contributed by atoms with Crippen LogP contribution < -0.4 is 5.32 Å². The van der Waals surface area contributed by atoms with Gasteiger partial charge in [0.1, 0.15) is 13.2 Å². The minimum Gasteiger partial charge on any atom is -0.387 e. The molecule has 8 nitrogen and oxygen atoms in total. The molecule has 1 amide bonds. The summed E-state index contributed by atoms with van der Waals surface area (Å²) >= 11 is 0. The Balaban J connectivity index is 3.90. The van der Waals surface area contributed by atoms with Crippen molar-refractivity contribution in [3.8, 4) is 0 Å². The number of hydrogen-bond acceptors (Lipinski definition) is 5. The molecule has 3 unspecified atom stereocenters. The summed E-state index contributed by atoms with van der Waals surface area (Å²) in [5, 5.41) is 13.9. The number of aliphatic hydroxyl groups is 1. The predicted molar refractivity (Wildman–Crippen MR) is 328 cm³/mol. The minimum absolute atomic E-state index is 0.0550. The molecule has 0 aliphatic heterocycles. The number of carbonyl (C=O) groups is 1. The van der Waals surface area contributed by atoms with E-state index in [0.717, 1.165) is 44.9 Å². The molecule has 3 atom stereocenters. The zero-order valence-corrected chi connectivity index (χ0v) is 51.7. The van der Waals surface area contributed by atoms with Crippen molar-refractivity contribution in [1.82, 2.24) is 5.32 Å². The van der Waals surface area contributed by atoms with Crippen LogP contribution in [-0.2, 0) is 18.4 Å². The van der Waals surface area contributed by atoms with Crippen LogP contribution in [0.2, 0.25) is 0 Å². The van der Waals surface area contributed by atoms with Crippen molar-refractivity contribution < 1.29 is 32.9 Å². The normalized spacial score (nSPS) is 14.0. The van der Waals surface area contributed by atoms with Crippen LogP contribution in [-0.4, -0.2) is 73.4 Å². The molecule has 0 rings (SSSR count). The van der Waals surface area contributed by atoms with Crippen molar-refractivity contribution in [3.63, 3.8) is 0 Å². The number of nitrogens with zero attached hydrogens (tertiary/aromatic N) is 1. The molecule has 75 heavy (non-hydrogen) atoms. The second-order valence-electron chi connectivity index (χ2n) is 23.8. The van der Waals surface area contributed by atoms with Gasteiger partial charge in [0, 0.05) is 6.42 Å². The Labute approximate surface area is 467 Å². The van der Waals surface area contributed by atoms with Gasteiger partial charge in [-0.1, -0.05) is 314 Å². The number of quaternary nitrogens is 1. The fraction of sp³-hybridized carbons (Fsp3) is 0.894. The predicted octanol–water partition coefficient (Wildman–Crippen LogP) is 20.5. The summed E-state index contributed by atoms with van der Waals surface area (Å²) in [5.74, 6) is -0.185. The molecule has 3 N–H and O–H groups in total. The molecule has 0 heterocycles. The maximum Gasteiger partial charge on any atom is 0.472 e. The maximum atomic E-state index is 13.0. The highest BCUT2D eigenvalue weighted by Gasteiger charge is 2.28. The summed E-state index contributed by atoms with van der Waals surface area (Å²) in [6, 6.07) is -0.868. The monoisotopic (exact) mass is 1080 g/mol. The third kappa shape index (κ3) is 60.2. The smallest absolute Gasteiger partial charge is 0.387 e. The molecule has 0 aromatic heterocycles. The molecule has 0 saturated carbocycles. The summed E-state index contributed by atoms with van der Waals surface area (Å²) in [6.07, 6.45) is 75.9. The molecule has 0 aromatic carbocycles. The Kier molecular flexibility index (Phi) is 56.4. The molecule has 0 radical (unpaired) electrons. The van der Waals surface area contributed by atoms with Crippen molar-refractivity contribution in [2.24, 2.45) is 0 Å². The van der Waals surface area contributed by atoms with E-state index in [1.165, 1.54) is 263 Å². The largest absolute Gasteiger partial charge is 0.472 e. The number of aliphatic hydroxyl groups excluding tert-OH is 1. The van der Waals surface area contributed by atoms with Gasteiger partial charge in [0.15, 0.2) is 0 Å². The van der Waals surface area contributed by atoms with E-state index in [4.69, 9.17) is 9.05 Å². The first-order chi connectivity index (χ1) is 36.5. The minimum atomic E-state index is -4.36. The Bertz CT molecular complexity index is 1320. The van der Waals surface area contributed by atoms with Gasteiger partial charge >= 0.3 is 7.82 Å². The van der Waals surface area contributed by atoms with Crippen molar-refractivity contribution >= 4 is 13.7 Å². The van der Waals surface area contributed by atoms with E-state index < -0.39 is 20.0 Å². The highest BCUT2D eigenvalue weighted by atomic mass is 31.2. The summed E-state index contributed by atoms with van der Waals surface area (Å²) in [6.45, 7) is 4.81. The van der Waals surface area contributed by atoms with Crippen LogP contribution in [0.4, 0.5) is 0 Å². The molecule has 0 bridgehead atoms. The van der Waals surface area contributed by atoms with Gasteiger partial charge in [0.05, 0.1) is 39.9 Å². The topological polar surface area (TPSA) is 105 Å². The van der Waals surface area contributed by atoms with E-state index in [2.05, 4.69) is 43.5 Å². The van der Waals surface area contributed by atoms with Gasteiger partial charge in [-0.3, -0.25) is 13.8 Å². The number of rotatable bonds is 61. The van der Waals surface area contributed by atoms with Gasteiger partial charge in [-0.2, -0.15) is 0 Å². The van der Waals surface area contributed by atoms with E-state index >= 15 is 0 Å². The number of allylic oxidation sites excluding steroid dienone is 5. The van der Waals surface area contributed by atoms with Crippen LogP contribution in [0.5, 0.6) is 0 Å². The summed E-state index contributed by atoms with van der Waals surface area (Å²) < 4.78 is 23.7. The van der Waals surface area contributed by atoms with E-state index in [1.54, 1.807) is 6.08 Å². The lowest BCUT2D eigenvalue weighted by Gasteiger charge is -2.25. The molecular weight excluding hydrogens is 948 g/mol. The average molecular weight is 1080 g/mol. The lowest BCUT2D eigenvalue weighted by molar-refractivity contribution is -0.870. The van der Waals surface area contributed by atoms with E-state index in [1.807, 2.05) is 27.2 Å². The summed E-state index contributed by atoms with van der Waals surface area (Å²) in [7, 11) is 1.56. The number of nitrogens with one attached hydrogen (secondary N) is 1. The number of likely N-dealkylation sites (N-methyl/N-ethyl adjacent to an activating group) is 1. The van der Waals surface area contributed by atoms with E-state index in [9.17, 15) is 19.4 Å². The summed E-state index contributed by atoms with van der Waals surface area (Å²) in [5.41, 5.74) is 0. The number of unbranched alkanes of at least 4 members (excludes halogenated alkanes) is 44.